The van der Waals surface area contributed by atoms with Gasteiger partial charge in [0, 0.05) is 35.5 Å². The van der Waals surface area contributed by atoms with Gasteiger partial charge in [-0.2, -0.15) is 0 Å². The van der Waals surface area contributed by atoms with Gasteiger partial charge in [0.1, 0.15) is 11.6 Å². The van der Waals surface area contributed by atoms with Gasteiger partial charge in [-0.05, 0) is 63.1 Å². The van der Waals surface area contributed by atoms with Gasteiger partial charge in [0.2, 0.25) is 5.91 Å². The second-order valence-electron chi connectivity index (χ2n) is 8.84. The van der Waals surface area contributed by atoms with Crippen molar-refractivity contribution >= 4 is 29.1 Å². The summed E-state index contributed by atoms with van der Waals surface area (Å²) in [5.74, 6) is 2.29. The number of aromatic nitrogens is 4. The van der Waals surface area contributed by atoms with E-state index in [-0.39, 0.29) is 17.4 Å². The fourth-order valence-corrected chi connectivity index (χ4v) is 5.08. The van der Waals surface area contributed by atoms with Gasteiger partial charge < -0.3 is 14.3 Å². The van der Waals surface area contributed by atoms with E-state index >= 15 is 0 Å². The molecule has 0 spiro atoms. The van der Waals surface area contributed by atoms with Gasteiger partial charge in [-0.1, -0.05) is 17.8 Å². The monoisotopic (exact) mass is 489 g/mol. The SMILES string of the molecule is CC(=O)Nc1cccc(-n2c(SCC(=O)c3cc(C)n(Cc4ccco4)c3C)nnc2C2CC2)c1. The number of rotatable bonds is 9. The third-order valence-electron chi connectivity index (χ3n) is 6.13. The summed E-state index contributed by atoms with van der Waals surface area (Å²) in [6.07, 6.45) is 3.81. The standard InChI is InChI=1S/C26H27N5O3S/c1-16-12-23(17(2)30(16)14-22-8-5-11-34-22)24(33)15-35-26-29-28-25(19-9-10-19)31(26)21-7-4-6-20(13-21)27-18(3)32/h4-8,11-13,19H,9-10,14-15H2,1-3H3,(H,27,32). The van der Waals surface area contributed by atoms with Crippen molar-refractivity contribution in [2.75, 3.05) is 11.1 Å². The molecule has 0 saturated heterocycles. The maximum atomic E-state index is 13.2. The number of thioether (sulfide) groups is 1. The van der Waals surface area contributed by atoms with Gasteiger partial charge in [0.15, 0.2) is 10.9 Å². The highest BCUT2D eigenvalue weighted by atomic mass is 32.2. The van der Waals surface area contributed by atoms with Crippen LogP contribution in [-0.2, 0) is 11.3 Å². The molecule has 0 atom stereocenters. The van der Waals surface area contributed by atoms with Gasteiger partial charge in [-0.15, -0.1) is 10.2 Å². The summed E-state index contributed by atoms with van der Waals surface area (Å²) in [5.41, 5.74) is 4.23. The predicted molar refractivity (Wildman–Crippen MR) is 134 cm³/mol. The van der Waals surface area contributed by atoms with Crippen molar-refractivity contribution in [1.82, 2.24) is 19.3 Å². The van der Waals surface area contributed by atoms with Crippen molar-refractivity contribution in [2.24, 2.45) is 0 Å². The smallest absolute Gasteiger partial charge is 0.221 e. The molecule has 0 bridgehead atoms. The summed E-state index contributed by atoms with van der Waals surface area (Å²) in [5, 5.41) is 12.4. The molecule has 35 heavy (non-hydrogen) atoms. The van der Waals surface area contributed by atoms with E-state index in [0.29, 0.717) is 28.9 Å². The molecule has 8 nitrogen and oxygen atoms in total. The molecule has 3 aromatic heterocycles. The highest BCUT2D eigenvalue weighted by Gasteiger charge is 2.31. The van der Waals surface area contributed by atoms with Crippen LogP contribution in [0, 0.1) is 13.8 Å². The molecule has 5 rings (SSSR count). The lowest BCUT2D eigenvalue weighted by Crippen LogP contribution is -2.09. The zero-order valence-corrected chi connectivity index (χ0v) is 20.8. The lowest BCUT2D eigenvalue weighted by Gasteiger charge is -2.12. The Morgan fingerprint density at radius 1 is 1.14 bits per heavy atom. The number of carbonyl (C=O) groups is 2. The van der Waals surface area contributed by atoms with Crippen LogP contribution in [0.2, 0.25) is 0 Å². The minimum Gasteiger partial charge on any atom is -0.467 e. The maximum Gasteiger partial charge on any atom is 0.221 e. The van der Waals surface area contributed by atoms with E-state index in [2.05, 4.69) is 20.1 Å². The summed E-state index contributed by atoms with van der Waals surface area (Å²) in [4.78, 5) is 24.7. The van der Waals surface area contributed by atoms with E-state index in [1.807, 2.05) is 60.9 Å². The largest absolute Gasteiger partial charge is 0.467 e. The third kappa shape index (κ3) is 4.95. The minimum atomic E-state index is -0.127. The van der Waals surface area contributed by atoms with Crippen LogP contribution in [0.3, 0.4) is 0 Å². The molecular weight excluding hydrogens is 462 g/mol. The van der Waals surface area contributed by atoms with Crippen molar-refractivity contribution in [3.63, 3.8) is 0 Å². The first-order chi connectivity index (χ1) is 16.9. The zero-order valence-electron chi connectivity index (χ0n) is 19.9. The second kappa shape index (κ2) is 9.58. The van der Waals surface area contributed by atoms with Crippen LogP contribution >= 0.6 is 11.8 Å². The Morgan fingerprint density at radius 3 is 2.69 bits per heavy atom. The van der Waals surface area contributed by atoms with E-state index in [4.69, 9.17) is 4.42 Å². The fourth-order valence-electron chi connectivity index (χ4n) is 4.24. The number of amides is 1. The molecule has 9 heteroatoms. The van der Waals surface area contributed by atoms with Gasteiger partial charge in [-0.25, -0.2) is 0 Å². The molecule has 180 valence electrons. The summed E-state index contributed by atoms with van der Waals surface area (Å²) in [7, 11) is 0. The number of aryl methyl sites for hydroxylation is 1. The Hall–Kier alpha value is -3.59. The molecule has 1 amide bonds. The van der Waals surface area contributed by atoms with Gasteiger partial charge >= 0.3 is 0 Å². The van der Waals surface area contributed by atoms with Crippen LogP contribution in [0.5, 0.6) is 0 Å². The first kappa shape index (κ1) is 23.2. The lowest BCUT2D eigenvalue weighted by molar-refractivity contribution is -0.114. The van der Waals surface area contributed by atoms with Crippen LogP contribution in [-0.4, -0.2) is 36.8 Å². The number of anilines is 1. The number of Topliss-reactive ketones (excluding diaryl/α,β-unsaturated/α-hetero) is 1. The number of hydrogen-bond donors (Lipinski definition) is 1. The van der Waals surface area contributed by atoms with Crippen LogP contribution in [0.1, 0.15) is 59.0 Å². The number of nitrogens with one attached hydrogen (secondary N) is 1. The summed E-state index contributed by atoms with van der Waals surface area (Å²) in [6.45, 7) is 6.05. The van der Waals surface area contributed by atoms with Gasteiger partial charge in [0.25, 0.3) is 0 Å². The van der Waals surface area contributed by atoms with E-state index in [0.717, 1.165) is 41.5 Å². The van der Waals surface area contributed by atoms with Crippen LogP contribution in [0.25, 0.3) is 5.69 Å². The second-order valence-corrected chi connectivity index (χ2v) is 9.79. The summed E-state index contributed by atoms with van der Waals surface area (Å²) >= 11 is 1.38. The van der Waals surface area contributed by atoms with E-state index in [9.17, 15) is 9.59 Å². The van der Waals surface area contributed by atoms with Crippen molar-refractivity contribution in [2.45, 2.75) is 51.2 Å². The number of furan rings is 1. The first-order valence-electron chi connectivity index (χ1n) is 11.6. The Balaban J connectivity index is 1.37. The van der Waals surface area contributed by atoms with E-state index in [1.165, 1.54) is 18.7 Å². The van der Waals surface area contributed by atoms with Crippen molar-refractivity contribution in [3.05, 3.63) is 77.3 Å². The highest BCUT2D eigenvalue weighted by Crippen LogP contribution is 2.41. The summed E-state index contributed by atoms with van der Waals surface area (Å²) < 4.78 is 9.59. The molecule has 1 fully saturated rings. The topological polar surface area (TPSA) is 95.0 Å². The highest BCUT2D eigenvalue weighted by molar-refractivity contribution is 7.99. The van der Waals surface area contributed by atoms with Crippen LogP contribution in [0.15, 0.2) is 58.3 Å². The number of nitrogens with zero attached hydrogens (tertiary/aromatic N) is 4. The number of hydrogen-bond acceptors (Lipinski definition) is 6. The zero-order chi connectivity index (χ0) is 24.5. The number of benzene rings is 1. The molecule has 0 unspecified atom stereocenters. The molecular formula is C26H27N5O3S. The Bertz CT molecular complexity index is 1380. The third-order valence-corrected chi connectivity index (χ3v) is 7.06. The average Bonchev–Trinajstić information content (AvgIpc) is 3.25. The van der Waals surface area contributed by atoms with E-state index < -0.39 is 0 Å². The van der Waals surface area contributed by atoms with Crippen molar-refractivity contribution < 1.29 is 14.0 Å². The summed E-state index contributed by atoms with van der Waals surface area (Å²) in [6, 6.07) is 13.4. The minimum absolute atomic E-state index is 0.0447. The predicted octanol–water partition coefficient (Wildman–Crippen LogP) is 5.14. The molecule has 3 heterocycles. The van der Waals surface area contributed by atoms with Crippen LogP contribution in [0.4, 0.5) is 5.69 Å². The Kier molecular flexibility index (Phi) is 6.34. The Morgan fingerprint density at radius 2 is 1.97 bits per heavy atom. The molecule has 1 aliphatic rings. The van der Waals surface area contributed by atoms with Crippen LogP contribution < -0.4 is 5.32 Å². The normalized spacial score (nSPS) is 13.2. The lowest BCUT2D eigenvalue weighted by atomic mass is 10.2. The first-order valence-corrected chi connectivity index (χ1v) is 12.6. The molecule has 1 saturated carbocycles. The maximum absolute atomic E-state index is 13.2. The number of carbonyl (C=O) groups excluding carboxylic acids is 2. The quantitative estimate of drug-likeness (QED) is 0.258. The molecule has 1 aromatic carbocycles. The Labute approximate surface area is 207 Å². The molecule has 0 radical (unpaired) electrons. The number of ketones is 1. The van der Waals surface area contributed by atoms with Crippen molar-refractivity contribution in [1.29, 1.82) is 0 Å². The molecule has 1 aliphatic carbocycles. The van der Waals surface area contributed by atoms with E-state index in [1.54, 1.807) is 6.26 Å². The molecule has 1 N–H and O–H groups in total. The average molecular weight is 490 g/mol. The molecule has 0 aliphatic heterocycles. The molecule has 4 aromatic rings. The van der Waals surface area contributed by atoms with Gasteiger partial charge in [-0.3, -0.25) is 14.2 Å². The van der Waals surface area contributed by atoms with Crippen molar-refractivity contribution in [3.8, 4) is 5.69 Å². The van der Waals surface area contributed by atoms with Gasteiger partial charge in [0.05, 0.1) is 24.2 Å². The fraction of sp³-hybridized carbons (Fsp3) is 0.308.